The highest BCUT2D eigenvalue weighted by atomic mass is 16.6. The highest BCUT2D eigenvalue weighted by Crippen LogP contribution is 2.28. The molecule has 19 nitrogen and oxygen atoms in total. The monoisotopic (exact) mass is 741 g/mol. The second-order valence-corrected chi connectivity index (χ2v) is 10.5. The third-order valence-corrected chi connectivity index (χ3v) is 6.63. The van der Waals surface area contributed by atoms with Crippen molar-refractivity contribution < 1.29 is 57.3 Å². The molecule has 0 heterocycles. The Morgan fingerprint density at radius 1 is 0.538 bits per heavy atom. The number of nitrogens with one attached hydrogen (secondary N) is 2. The molecular formula is C33H51N5O14. The summed E-state index contributed by atoms with van der Waals surface area (Å²) in [6, 6.07) is 10.1. The summed E-state index contributed by atoms with van der Waals surface area (Å²) in [7, 11) is 0. The summed E-state index contributed by atoms with van der Waals surface area (Å²) in [5.41, 5.74) is 6.24. The van der Waals surface area contributed by atoms with Gasteiger partial charge in [0.25, 0.3) is 17.3 Å². The van der Waals surface area contributed by atoms with Gasteiger partial charge >= 0.3 is 0 Å². The lowest BCUT2D eigenvalue weighted by molar-refractivity contribution is -0.393. The van der Waals surface area contributed by atoms with Gasteiger partial charge in [0.15, 0.2) is 0 Å². The maximum absolute atomic E-state index is 12.0. The molecular weight excluding hydrogens is 690 g/mol. The van der Waals surface area contributed by atoms with E-state index in [2.05, 4.69) is 10.6 Å². The second kappa shape index (κ2) is 29.5. The van der Waals surface area contributed by atoms with Gasteiger partial charge in [0.1, 0.15) is 5.69 Å². The largest absolute Gasteiger partial charge is 0.399 e. The first kappa shape index (κ1) is 44.1. The molecule has 19 heteroatoms. The van der Waals surface area contributed by atoms with Crippen LogP contribution in [0.15, 0.2) is 42.5 Å². The SMILES string of the molecule is Nc1ccc(C(=O)NCCOCCOCCOCCOCCOCCOCCOCCOCCOCCNc2ccc([N+](=O)[O-])cc2[N+](=O)[O-])cc1. The topological polar surface area (TPSA) is 236 Å². The molecule has 2 rings (SSSR count). The van der Waals surface area contributed by atoms with Gasteiger partial charge in [0.05, 0.1) is 135 Å². The first-order chi connectivity index (χ1) is 25.4. The number of hydrogen-bond acceptors (Lipinski definition) is 16. The Bertz CT molecular complexity index is 1260. The van der Waals surface area contributed by atoms with Crippen molar-refractivity contribution in [1.82, 2.24) is 5.32 Å². The Morgan fingerprint density at radius 2 is 0.923 bits per heavy atom. The van der Waals surface area contributed by atoms with Gasteiger partial charge < -0.3 is 59.0 Å². The number of anilines is 2. The number of carbonyl (C=O) groups is 1. The van der Waals surface area contributed by atoms with Crippen molar-refractivity contribution >= 4 is 28.7 Å². The van der Waals surface area contributed by atoms with E-state index in [9.17, 15) is 25.0 Å². The lowest BCUT2D eigenvalue weighted by Crippen LogP contribution is -2.27. The van der Waals surface area contributed by atoms with Gasteiger partial charge in [-0.25, -0.2) is 0 Å². The highest BCUT2D eigenvalue weighted by Gasteiger charge is 2.19. The van der Waals surface area contributed by atoms with Crippen molar-refractivity contribution in [2.24, 2.45) is 0 Å². The molecule has 1 amide bonds. The fourth-order valence-electron chi connectivity index (χ4n) is 4.03. The summed E-state index contributed by atoms with van der Waals surface area (Å²) in [5.74, 6) is -0.172. The standard InChI is InChI=1S/C33H51N5O14/c34-29-3-1-28(2-4-29)33(39)36-8-10-45-12-14-47-16-18-49-20-22-51-24-26-52-25-23-50-21-19-48-17-15-46-13-11-44-9-7-35-31-6-5-30(37(40)41)27-32(31)38(42)43/h1-6,27,35H,7-26,34H2,(H,36,39). The molecule has 2 aromatic carbocycles. The number of nitrogens with zero attached hydrogens (tertiary/aromatic N) is 2. The van der Waals surface area contributed by atoms with Gasteiger partial charge in [0.2, 0.25) is 0 Å². The normalized spacial score (nSPS) is 11.1. The van der Waals surface area contributed by atoms with Crippen LogP contribution in [0.2, 0.25) is 0 Å². The van der Waals surface area contributed by atoms with E-state index >= 15 is 0 Å². The van der Waals surface area contributed by atoms with Crippen LogP contribution in [0.1, 0.15) is 10.4 Å². The lowest BCUT2D eigenvalue weighted by Gasteiger charge is -2.09. The van der Waals surface area contributed by atoms with Gasteiger partial charge in [-0.3, -0.25) is 25.0 Å². The molecule has 0 aliphatic heterocycles. The number of nitro benzene ring substituents is 2. The van der Waals surface area contributed by atoms with Gasteiger partial charge in [-0.1, -0.05) is 0 Å². The number of rotatable bonds is 34. The minimum absolute atomic E-state index is 0.172. The summed E-state index contributed by atoms with van der Waals surface area (Å²) in [6.45, 7) is 8.17. The van der Waals surface area contributed by atoms with E-state index in [-0.39, 0.29) is 36.1 Å². The summed E-state index contributed by atoms with van der Waals surface area (Å²) in [6.07, 6.45) is 0. The molecule has 0 aliphatic rings. The Kier molecular flexibility index (Phi) is 25.0. The molecule has 0 bridgehead atoms. The van der Waals surface area contributed by atoms with Crippen LogP contribution in [-0.4, -0.2) is 148 Å². The molecule has 52 heavy (non-hydrogen) atoms. The maximum Gasteiger partial charge on any atom is 0.299 e. The fraction of sp³-hybridized carbons (Fsp3) is 0.606. The van der Waals surface area contributed by atoms with Crippen LogP contribution in [0, 0.1) is 20.2 Å². The maximum atomic E-state index is 12.0. The van der Waals surface area contributed by atoms with Crippen molar-refractivity contribution in [2.75, 3.05) is 143 Å². The van der Waals surface area contributed by atoms with Gasteiger partial charge in [-0.2, -0.15) is 0 Å². The summed E-state index contributed by atoms with van der Waals surface area (Å²) in [5, 5.41) is 27.6. The predicted molar refractivity (Wildman–Crippen MR) is 189 cm³/mol. The van der Waals surface area contributed by atoms with E-state index in [1.165, 1.54) is 12.1 Å². The van der Waals surface area contributed by atoms with Crippen LogP contribution in [0.25, 0.3) is 0 Å². The molecule has 0 unspecified atom stereocenters. The number of ether oxygens (including phenoxy) is 9. The number of nitrogens with two attached hydrogens (primary N) is 1. The molecule has 0 fully saturated rings. The van der Waals surface area contributed by atoms with Crippen LogP contribution in [0.5, 0.6) is 0 Å². The van der Waals surface area contributed by atoms with E-state index in [0.29, 0.717) is 130 Å². The number of nitrogen functional groups attached to an aromatic ring is 1. The summed E-state index contributed by atoms with van der Waals surface area (Å²) >= 11 is 0. The van der Waals surface area contributed by atoms with E-state index in [4.69, 9.17) is 48.4 Å². The Morgan fingerprint density at radius 3 is 1.31 bits per heavy atom. The van der Waals surface area contributed by atoms with Crippen molar-refractivity contribution in [2.45, 2.75) is 0 Å². The number of nitro groups is 2. The van der Waals surface area contributed by atoms with E-state index in [1.54, 1.807) is 24.3 Å². The zero-order valence-corrected chi connectivity index (χ0v) is 29.4. The summed E-state index contributed by atoms with van der Waals surface area (Å²) < 4.78 is 49.0. The number of non-ortho nitro benzene ring substituents is 1. The number of amides is 1. The lowest BCUT2D eigenvalue weighted by atomic mass is 10.2. The molecule has 0 atom stereocenters. The van der Waals surface area contributed by atoms with E-state index in [1.807, 2.05) is 0 Å². The van der Waals surface area contributed by atoms with Crippen molar-refractivity contribution in [3.63, 3.8) is 0 Å². The number of benzene rings is 2. The minimum atomic E-state index is -0.684. The van der Waals surface area contributed by atoms with Crippen molar-refractivity contribution in [3.05, 3.63) is 68.3 Å². The fourth-order valence-corrected chi connectivity index (χ4v) is 4.03. The number of carbonyl (C=O) groups excluding carboxylic acids is 1. The molecule has 2 aromatic rings. The molecule has 292 valence electrons. The van der Waals surface area contributed by atoms with Crippen molar-refractivity contribution in [1.29, 1.82) is 0 Å². The molecule has 0 radical (unpaired) electrons. The third-order valence-electron chi connectivity index (χ3n) is 6.63. The Balaban J connectivity index is 1.21. The van der Waals surface area contributed by atoms with Gasteiger partial charge in [0, 0.05) is 30.4 Å². The predicted octanol–water partition coefficient (Wildman–Crippen LogP) is 2.08. The quantitative estimate of drug-likeness (QED) is 0.0403. The average Bonchev–Trinajstić information content (AvgIpc) is 3.13. The van der Waals surface area contributed by atoms with Crippen LogP contribution in [0.3, 0.4) is 0 Å². The third kappa shape index (κ3) is 22.0. The molecule has 0 aliphatic carbocycles. The van der Waals surface area contributed by atoms with E-state index < -0.39 is 9.85 Å². The van der Waals surface area contributed by atoms with E-state index in [0.717, 1.165) is 6.07 Å². The number of hydrogen-bond donors (Lipinski definition) is 3. The Hall–Kier alpha value is -4.05. The zero-order valence-electron chi connectivity index (χ0n) is 29.4. The van der Waals surface area contributed by atoms with Gasteiger partial charge in [-0.05, 0) is 30.3 Å². The first-order valence-electron chi connectivity index (χ1n) is 16.9. The zero-order chi connectivity index (χ0) is 37.5. The van der Waals surface area contributed by atoms with Crippen LogP contribution in [0.4, 0.5) is 22.7 Å². The molecule has 0 aromatic heterocycles. The van der Waals surface area contributed by atoms with Crippen LogP contribution >= 0.6 is 0 Å². The Labute approximate surface area is 302 Å². The minimum Gasteiger partial charge on any atom is -0.399 e. The molecule has 4 N–H and O–H groups in total. The first-order valence-corrected chi connectivity index (χ1v) is 16.9. The van der Waals surface area contributed by atoms with Gasteiger partial charge in [-0.15, -0.1) is 0 Å². The van der Waals surface area contributed by atoms with Crippen molar-refractivity contribution in [3.8, 4) is 0 Å². The smallest absolute Gasteiger partial charge is 0.299 e. The average molecular weight is 742 g/mol. The summed E-state index contributed by atoms with van der Waals surface area (Å²) in [4.78, 5) is 32.6. The molecule has 0 spiro atoms. The highest BCUT2D eigenvalue weighted by molar-refractivity contribution is 5.94. The van der Waals surface area contributed by atoms with Crippen LogP contribution in [-0.2, 0) is 42.6 Å². The molecule has 0 saturated heterocycles. The molecule has 0 saturated carbocycles. The van der Waals surface area contributed by atoms with Crippen LogP contribution < -0.4 is 16.4 Å². The second-order valence-electron chi connectivity index (χ2n) is 10.5.